The van der Waals surface area contributed by atoms with E-state index >= 15 is 0 Å². The summed E-state index contributed by atoms with van der Waals surface area (Å²) in [6, 6.07) is 0. The molecule has 0 N–H and O–H groups in total. The van der Waals surface area contributed by atoms with E-state index in [2.05, 4.69) is 9.68 Å². The summed E-state index contributed by atoms with van der Waals surface area (Å²) in [6.07, 6.45) is -1.12. The van der Waals surface area contributed by atoms with E-state index in [-0.39, 0.29) is 5.88 Å². The van der Waals surface area contributed by atoms with Gasteiger partial charge in [0, 0.05) is 0 Å². The summed E-state index contributed by atoms with van der Waals surface area (Å²) < 4.78 is 0. The number of halogens is 1. The van der Waals surface area contributed by atoms with Gasteiger partial charge in [-0.15, -0.1) is 31.8 Å². The first-order valence-corrected chi connectivity index (χ1v) is 3.24. The molecule has 0 aliphatic rings. The molecule has 1 unspecified atom stereocenters. The van der Waals surface area contributed by atoms with E-state index in [9.17, 15) is 20.2 Å². The van der Waals surface area contributed by atoms with E-state index in [1.165, 1.54) is 0 Å². The average molecular weight is 201 g/mol. The third kappa shape index (κ3) is 5.47. The smallest absolute Gasteiger partial charge is 0.294 e. The summed E-state index contributed by atoms with van der Waals surface area (Å²) in [6.45, 7) is -0.558. The Morgan fingerprint density at radius 1 is 1.33 bits per heavy atom. The topological polar surface area (TPSA) is 105 Å². The van der Waals surface area contributed by atoms with Crippen molar-refractivity contribution in [2.45, 2.75) is 6.10 Å². The number of hydrogen-bond acceptors (Lipinski definition) is 6. The third-order valence-electron chi connectivity index (χ3n) is 0.773. The van der Waals surface area contributed by atoms with Crippen LogP contribution in [0.5, 0.6) is 0 Å². The Morgan fingerprint density at radius 2 is 1.92 bits per heavy atom. The molecule has 8 nitrogen and oxygen atoms in total. The Morgan fingerprint density at radius 3 is 2.25 bits per heavy atom. The maximum atomic E-state index is 9.71. The molecule has 0 aliphatic carbocycles. The standard InChI is InChI=1S/C3H5ClN2O6/c4-1-3(12-6(9)10)2-11-5(7)8/h3H,1-2H2. The first-order chi connectivity index (χ1) is 5.56. The second-order valence-electron chi connectivity index (χ2n) is 1.62. The van der Waals surface area contributed by atoms with Crippen molar-refractivity contribution in [2.24, 2.45) is 0 Å². The highest BCUT2D eigenvalue weighted by atomic mass is 35.5. The molecule has 0 rings (SSSR count). The second kappa shape index (κ2) is 5.35. The molecule has 0 radical (unpaired) electrons. The van der Waals surface area contributed by atoms with Crippen LogP contribution in [0.1, 0.15) is 0 Å². The van der Waals surface area contributed by atoms with Gasteiger partial charge >= 0.3 is 0 Å². The van der Waals surface area contributed by atoms with Crippen molar-refractivity contribution in [1.82, 2.24) is 0 Å². The quantitative estimate of drug-likeness (QED) is 0.340. The normalized spacial score (nSPS) is 11.8. The minimum absolute atomic E-state index is 0.255. The summed E-state index contributed by atoms with van der Waals surface area (Å²) in [5.74, 6) is -0.255. The molecule has 0 aromatic carbocycles. The van der Waals surface area contributed by atoms with Gasteiger partial charge in [0.05, 0.1) is 5.88 Å². The first kappa shape index (κ1) is 10.7. The van der Waals surface area contributed by atoms with Crippen LogP contribution in [0.3, 0.4) is 0 Å². The van der Waals surface area contributed by atoms with Crippen LogP contribution in [0.15, 0.2) is 0 Å². The lowest BCUT2D eigenvalue weighted by Crippen LogP contribution is -2.25. The van der Waals surface area contributed by atoms with Crippen LogP contribution in [0.2, 0.25) is 0 Å². The van der Waals surface area contributed by atoms with Gasteiger partial charge in [-0.3, -0.25) is 0 Å². The highest BCUT2D eigenvalue weighted by Crippen LogP contribution is 1.96. The van der Waals surface area contributed by atoms with Gasteiger partial charge in [0.1, 0.15) is 12.7 Å². The second-order valence-corrected chi connectivity index (χ2v) is 1.93. The van der Waals surface area contributed by atoms with Crippen molar-refractivity contribution in [1.29, 1.82) is 0 Å². The molecule has 70 valence electrons. The monoisotopic (exact) mass is 200 g/mol. The highest BCUT2D eigenvalue weighted by molar-refractivity contribution is 6.18. The maximum absolute atomic E-state index is 9.71. The largest absolute Gasteiger partial charge is 0.312 e. The SMILES string of the molecule is O=[N+]([O-])OCC(CCl)O[N+](=O)[O-]. The van der Waals surface area contributed by atoms with Gasteiger partial charge in [-0.25, -0.2) is 0 Å². The van der Waals surface area contributed by atoms with E-state index in [4.69, 9.17) is 11.6 Å². The Balaban J connectivity index is 3.67. The van der Waals surface area contributed by atoms with Gasteiger partial charge in [0.25, 0.3) is 10.2 Å². The molecule has 1 atom stereocenters. The van der Waals surface area contributed by atoms with Crippen LogP contribution in [0, 0.1) is 20.2 Å². The predicted octanol–water partition coefficient (Wildman–Crippen LogP) is 0.0104. The van der Waals surface area contributed by atoms with Crippen molar-refractivity contribution < 1.29 is 19.8 Å². The lowest BCUT2D eigenvalue weighted by atomic mass is 10.4. The van der Waals surface area contributed by atoms with Crippen molar-refractivity contribution >= 4 is 11.6 Å². The van der Waals surface area contributed by atoms with Crippen LogP contribution >= 0.6 is 11.6 Å². The van der Waals surface area contributed by atoms with Gasteiger partial charge in [-0.05, 0) is 0 Å². The zero-order valence-corrected chi connectivity index (χ0v) is 6.47. The lowest BCUT2D eigenvalue weighted by molar-refractivity contribution is -0.788. The van der Waals surface area contributed by atoms with Crippen LogP contribution in [-0.4, -0.2) is 28.8 Å². The average Bonchev–Trinajstić information content (AvgIpc) is 1.97. The zero-order valence-electron chi connectivity index (χ0n) is 5.71. The van der Waals surface area contributed by atoms with Gasteiger partial charge in [0.2, 0.25) is 0 Å². The number of hydrogen-bond donors (Lipinski definition) is 0. The maximum Gasteiger partial charge on any atom is 0.294 e. The molecule has 0 aromatic heterocycles. The fourth-order valence-corrected chi connectivity index (χ4v) is 0.514. The molecule has 9 heteroatoms. The van der Waals surface area contributed by atoms with E-state index in [0.29, 0.717) is 0 Å². The van der Waals surface area contributed by atoms with E-state index in [0.717, 1.165) is 0 Å². The minimum atomic E-state index is -1.12. The molecule has 0 saturated carbocycles. The number of nitrogens with zero attached hydrogens (tertiary/aromatic N) is 2. The molecular formula is C3H5ClN2O6. The summed E-state index contributed by atoms with van der Waals surface area (Å²) in [5.41, 5.74) is 0. The molecular weight excluding hydrogens is 195 g/mol. The molecule has 0 aromatic rings. The van der Waals surface area contributed by atoms with Crippen LogP contribution in [0.25, 0.3) is 0 Å². The van der Waals surface area contributed by atoms with Crippen LogP contribution in [0.4, 0.5) is 0 Å². The van der Waals surface area contributed by atoms with Gasteiger partial charge in [-0.1, -0.05) is 0 Å². The summed E-state index contributed by atoms with van der Waals surface area (Å²) >= 11 is 5.16. The lowest BCUT2D eigenvalue weighted by Gasteiger charge is -2.08. The van der Waals surface area contributed by atoms with Gasteiger partial charge in [0.15, 0.2) is 0 Å². The van der Waals surface area contributed by atoms with Crippen LogP contribution in [-0.2, 0) is 9.68 Å². The summed E-state index contributed by atoms with van der Waals surface area (Å²) in [5, 5.41) is 17.2. The van der Waals surface area contributed by atoms with Crippen LogP contribution < -0.4 is 0 Å². The number of alkyl halides is 1. The first-order valence-electron chi connectivity index (χ1n) is 2.70. The van der Waals surface area contributed by atoms with Crippen molar-refractivity contribution in [3.63, 3.8) is 0 Å². The molecule has 0 heterocycles. The molecule has 0 aliphatic heterocycles. The van der Waals surface area contributed by atoms with E-state index in [1.54, 1.807) is 0 Å². The molecule has 0 amide bonds. The molecule has 0 spiro atoms. The van der Waals surface area contributed by atoms with E-state index in [1.807, 2.05) is 0 Å². The predicted molar refractivity (Wildman–Crippen MR) is 35.5 cm³/mol. The fraction of sp³-hybridized carbons (Fsp3) is 1.00. The fourth-order valence-electron chi connectivity index (χ4n) is 0.369. The van der Waals surface area contributed by atoms with Gasteiger partial charge < -0.3 is 9.68 Å². The van der Waals surface area contributed by atoms with E-state index < -0.39 is 22.9 Å². The van der Waals surface area contributed by atoms with Crippen molar-refractivity contribution in [3.05, 3.63) is 20.2 Å². The number of rotatable bonds is 6. The zero-order chi connectivity index (χ0) is 9.56. The summed E-state index contributed by atoms with van der Waals surface area (Å²) in [7, 11) is 0. The molecule has 0 saturated heterocycles. The molecule has 0 fully saturated rings. The Labute approximate surface area is 71.2 Å². The van der Waals surface area contributed by atoms with Crippen molar-refractivity contribution in [2.75, 3.05) is 12.5 Å². The Hall–Kier alpha value is -1.31. The Bertz CT molecular complexity index is 174. The van der Waals surface area contributed by atoms with Gasteiger partial charge in [-0.2, -0.15) is 0 Å². The highest BCUT2D eigenvalue weighted by Gasteiger charge is 2.13. The summed E-state index contributed by atoms with van der Waals surface area (Å²) in [4.78, 5) is 27.0. The third-order valence-corrected chi connectivity index (χ3v) is 1.12. The molecule has 12 heavy (non-hydrogen) atoms. The molecule has 0 bridgehead atoms. The minimum Gasteiger partial charge on any atom is -0.312 e. The van der Waals surface area contributed by atoms with Crippen molar-refractivity contribution in [3.8, 4) is 0 Å². The Kier molecular flexibility index (Phi) is 4.77.